The van der Waals surface area contributed by atoms with Crippen LogP contribution in [0.3, 0.4) is 0 Å². The predicted octanol–water partition coefficient (Wildman–Crippen LogP) is 4.29. The second-order valence-corrected chi connectivity index (χ2v) is 10.7. The van der Waals surface area contributed by atoms with E-state index in [0.717, 1.165) is 0 Å². The van der Waals surface area contributed by atoms with Gasteiger partial charge in [0.2, 0.25) is 11.6 Å². The molecule has 4 rings (SSSR count). The Bertz CT molecular complexity index is 1200. The molecule has 0 bridgehead atoms. The van der Waals surface area contributed by atoms with Crippen LogP contribution in [0.2, 0.25) is 0 Å². The lowest BCUT2D eigenvalue weighted by Gasteiger charge is -2.28. The van der Waals surface area contributed by atoms with Crippen LogP contribution in [0.5, 0.6) is 0 Å². The minimum atomic E-state index is -0.726. The van der Waals surface area contributed by atoms with Crippen molar-refractivity contribution in [2.75, 3.05) is 22.9 Å². The first-order valence-electron chi connectivity index (χ1n) is 11.8. The number of hydrogen-bond acceptors (Lipinski definition) is 8. The van der Waals surface area contributed by atoms with E-state index in [1.54, 1.807) is 90.1 Å². The van der Waals surface area contributed by atoms with Crippen molar-refractivity contribution in [3.05, 3.63) is 71.1 Å². The smallest absolute Gasteiger partial charge is 0.326 e. The quantitative estimate of drug-likeness (QED) is 0.463. The lowest BCUT2D eigenvalue weighted by atomic mass is 10.1. The highest BCUT2D eigenvalue weighted by molar-refractivity contribution is 6.28. The second-order valence-electron chi connectivity index (χ2n) is 10.7. The van der Waals surface area contributed by atoms with Crippen molar-refractivity contribution in [3.8, 4) is 0 Å². The summed E-state index contributed by atoms with van der Waals surface area (Å²) in [5.41, 5.74) is 0.340. The van der Waals surface area contributed by atoms with Crippen LogP contribution in [-0.2, 0) is 19.1 Å². The predicted molar refractivity (Wildman–Crippen MR) is 135 cm³/mol. The third kappa shape index (κ3) is 4.89. The molecule has 188 valence electrons. The fraction of sp³-hybridized carbons (Fsp3) is 0.357. The van der Waals surface area contributed by atoms with E-state index in [9.17, 15) is 19.2 Å². The molecule has 0 radical (unpaired) electrons. The Morgan fingerprint density at radius 2 is 0.972 bits per heavy atom. The zero-order valence-electron chi connectivity index (χ0n) is 21.4. The number of nitrogens with zero attached hydrogens (tertiary/aromatic N) is 2. The van der Waals surface area contributed by atoms with Crippen molar-refractivity contribution in [2.24, 2.45) is 0 Å². The Hall–Kier alpha value is -3.94. The first kappa shape index (κ1) is 25.2. The maximum atomic E-state index is 13.7. The molecular formula is C28H30N2O6. The monoisotopic (exact) mass is 490 g/mol. The summed E-state index contributed by atoms with van der Waals surface area (Å²) in [5, 5.41) is 0. The van der Waals surface area contributed by atoms with Gasteiger partial charge in [0.25, 0.3) is 0 Å². The van der Waals surface area contributed by atoms with Gasteiger partial charge in [0.1, 0.15) is 35.7 Å². The van der Waals surface area contributed by atoms with Crippen molar-refractivity contribution in [3.63, 3.8) is 0 Å². The normalized spacial score (nSPS) is 17.3. The molecule has 0 saturated carbocycles. The van der Waals surface area contributed by atoms with Crippen LogP contribution in [0, 0.1) is 0 Å². The van der Waals surface area contributed by atoms with Crippen LogP contribution < -0.4 is 9.80 Å². The molecule has 2 aromatic carbocycles. The Morgan fingerprint density at radius 1 is 0.639 bits per heavy atom. The Kier molecular flexibility index (Phi) is 6.24. The van der Waals surface area contributed by atoms with E-state index in [2.05, 4.69) is 0 Å². The van der Waals surface area contributed by atoms with Gasteiger partial charge in [0.15, 0.2) is 0 Å². The molecule has 0 unspecified atom stereocenters. The van der Waals surface area contributed by atoms with Crippen molar-refractivity contribution in [2.45, 2.75) is 52.7 Å². The molecule has 8 nitrogen and oxygen atoms in total. The van der Waals surface area contributed by atoms with E-state index in [1.807, 2.05) is 0 Å². The average Bonchev–Trinajstić information content (AvgIpc) is 3.17. The van der Waals surface area contributed by atoms with Gasteiger partial charge in [-0.1, -0.05) is 24.3 Å². The van der Waals surface area contributed by atoms with E-state index in [1.165, 1.54) is 9.80 Å². The van der Waals surface area contributed by atoms with Crippen LogP contribution in [0.15, 0.2) is 59.9 Å². The van der Waals surface area contributed by atoms with Gasteiger partial charge in [-0.15, -0.1) is 0 Å². The lowest BCUT2D eigenvalue weighted by molar-refractivity contribution is -0.154. The number of para-hydroxylation sites is 2. The number of carbonyl (C=O) groups is 4. The highest BCUT2D eigenvalue weighted by Crippen LogP contribution is 2.42. The Labute approximate surface area is 210 Å². The maximum Gasteiger partial charge on any atom is 0.326 e. The van der Waals surface area contributed by atoms with Crippen molar-refractivity contribution in [1.82, 2.24) is 0 Å². The molecule has 2 aromatic rings. The fourth-order valence-electron chi connectivity index (χ4n) is 4.35. The first-order valence-corrected chi connectivity index (χ1v) is 11.8. The molecule has 0 amide bonds. The van der Waals surface area contributed by atoms with Crippen molar-refractivity contribution < 1.29 is 28.7 Å². The second kappa shape index (κ2) is 8.93. The molecular weight excluding hydrogens is 460 g/mol. The summed E-state index contributed by atoms with van der Waals surface area (Å²) in [4.78, 5) is 56.0. The number of allylic oxidation sites excluding steroid dienone is 2. The number of rotatable bonds is 4. The topological polar surface area (TPSA) is 93.2 Å². The van der Waals surface area contributed by atoms with Crippen molar-refractivity contribution in [1.29, 1.82) is 0 Å². The van der Waals surface area contributed by atoms with Crippen LogP contribution in [-0.4, -0.2) is 47.8 Å². The number of esters is 2. The number of anilines is 2. The van der Waals surface area contributed by atoms with E-state index < -0.39 is 34.7 Å². The summed E-state index contributed by atoms with van der Waals surface area (Å²) < 4.78 is 11.0. The van der Waals surface area contributed by atoms with Gasteiger partial charge in [0, 0.05) is 11.1 Å². The van der Waals surface area contributed by atoms with E-state index in [4.69, 9.17) is 9.47 Å². The minimum Gasteiger partial charge on any atom is -0.459 e. The minimum absolute atomic E-state index is 0.0341. The Balaban J connectivity index is 1.85. The van der Waals surface area contributed by atoms with E-state index in [0.29, 0.717) is 22.5 Å². The molecule has 2 heterocycles. The van der Waals surface area contributed by atoms with Crippen LogP contribution in [0.4, 0.5) is 11.4 Å². The zero-order valence-corrected chi connectivity index (χ0v) is 21.4. The summed E-state index contributed by atoms with van der Waals surface area (Å²) in [5.74, 6) is -1.91. The molecule has 0 aromatic heterocycles. The first-order chi connectivity index (χ1) is 16.8. The number of hydrogen-bond donors (Lipinski definition) is 0. The maximum absolute atomic E-state index is 13.7. The van der Waals surface area contributed by atoms with Gasteiger partial charge >= 0.3 is 11.9 Å². The van der Waals surface area contributed by atoms with E-state index >= 15 is 0 Å². The molecule has 0 spiro atoms. The van der Waals surface area contributed by atoms with Gasteiger partial charge in [-0.2, -0.15) is 0 Å². The summed E-state index contributed by atoms with van der Waals surface area (Å²) in [6.45, 7) is 9.99. The van der Waals surface area contributed by atoms with Crippen LogP contribution >= 0.6 is 0 Å². The van der Waals surface area contributed by atoms with Gasteiger partial charge in [-0.3, -0.25) is 19.2 Å². The van der Waals surface area contributed by atoms with Gasteiger partial charge < -0.3 is 19.3 Å². The molecule has 2 aliphatic rings. The largest absolute Gasteiger partial charge is 0.459 e. The third-order valence-electron chi connectivity index (χ3n) is 5.49. The standard InChI is InChI=1S/C28H30N2O6/c1-27(2,3)35-21(31)15-29-19-13-9-7-11-17(19)25(33)23(29)24-26(34)18-12-8-10-14-20(18)30(24)16-22(32)36-28(4,5)6/h7-14H,15-16H2,1-6H3/b24-23+. The average molecular weight is 491 g/mol. The molecule has 0 fully saturated rings. The fourth-order valence-corrected chi connectivity index (χ4v) is 4.35. The number of fused-ring (bicyclic) bond motifs is 2. The van der Waals surface area contributed by atoms with Crippen molar-refractivity contribution >= 4 is 34.9 Å². The van der Waals surface area contributed by atoms with Gasteiger partial charge in [0.05, 0.1) is 11.4 Å². The summed E-state index contributed by atoms with van der Waals surface area (Å²) >= 11 is 0. The van der Waals surface area contributed by atoms with Gasteiger partial charge in [-0.05, 0) is 65.8 Å². The zero-order chi connectivity index (χ0) is 26.4. The lowest BCUT2D eigenvalue weighted by Crippen LogP contribution is -2.38. The number of carbonyl (C=O) groups excluding carboxylic acids is 4. The molecule has 0 aliphatic carbocycles. The molecule has 0 N–H and O–H groups in total. The number of ketones is 2. The molecule has 8 heteroatoms. The number of benzene rings is 2. The third-order valence-corrected chi connectivity index (χ3v) is 5.49. The highest BCUT2D eigenvalue weighted by atomic mass is 16.6. The summed E-state index contributed by atoms with van der Waals surface area (Å²) in [7, 11) is 0. The summed E-state index contributed by atoms with van der Waals surface area (Å²) in [6.07, 6.45) is 0. The number of Topliss-reactive ketones (excluding diaryl/α,β-unsaturated/α-hetero) is 2. The number of ether oxygens (including phenoxy) is 2. The SMILES string of the molecule is CC(C)(C)OC(=O)CN1/C(=C2\C(=O)c3ccccc3N2CC(=O)OC(C)(C)C)C(=O)c2ccccc21. The Morgan fingerprint density at radius 3 is 1.31 bits per heavy atom. The van der Waals surface area contributed by atoms with Gasteiger partial charge in [-0.25, -0.2) is 0 Å². The molecule has 2 aliphatic heterocycles. The van der Waals surface area contributed by atoms with Crippen LogP contribution in [0.1, 0.15) is 62.3 Å². The van der Waals surface area contributed by atoms with E-state index in [-0.39, 0.29) is 24.5 Å². The molecule has 0 saturated heterocycles. The summed E-state index contributed by atoms with van der Waals surface area (Å²) in [6, 6.07) is 13.7. The highest BCUT2D eigenvalue weighted by Gasteiger charge is 2.44. The molecule has 36 heavy (non-hydrogen) atoms. The molecule has 0 atom stereocenters. The van der Waals surface area contributed by atoms with Crippen LogP contribution in [0.25, 0.3) is 0 Å².